The molecule has 3 N–H and O–H groups in total. The van der Waals surface area contributed by atoms with Crippen molar-refractivity contribution in [3.8, 4) is 17.3 Å². The van der Waals surface area contributed by atoms with Gasteiger partial charge in [-0.1, -0.05) is 11.6 Å². The molecule has 0 spiro atoms. The number of rotatable bonds is 6. The van der Waals surface area contributed by atoms with E-state index in [0.717, 1.165) is 10.7 Å². The van der Waals surface area contributed by atoms with Crippen molar-refractivity contribution < 1.29 is 41.0 Å². The third-order valence-electron chi connectivity index (χ3n) is 5.44. The summed E-state index contributed by atoms with van der Waals surface area (Å²) in [6.07, 6.45) is -6.92. The number of anilines is 1. The van der Waals surface area contributed by atoms with Crippen LogP contribution in [0.3, 0.4) is 0 Å². The Morgan fingerprint density at radius 2 is 1.95 bits per heavy atom. The first-order chi connectivity index (χ1) is 18.7. The Morgan fingerprint density at radius 3 is 2.60 bits per heavy atom. The van der Waals surface area contributed by atoms with Gasteiger partial charge in [0, 0.05) is 6.20 Å². The van der Waals surface area contributed by atoms with Crippen LogP contribution in [0.5, 0.6) is 11.5 Å². The molecule has 0 saturated carbocycles. The summed E-state index contributed by atoms with van der Waals surface area (Å²) in [5, 5.41) is 13.6. The molecule has 0 radical (unpaired) electrons. The number of carbonyl (C=O) groups is 2. The topological polar surface area (TPSA) is 152 Å². The van der Waals surface area contributed by atoms with E-state index < -0.39 is 53.6 Å². The molecule has 12 nitrogen and oxygen atoms in total. The number of nitrogens with two attached hydrogens (primary N) is 1. The number of nitrogens with zero attached hydrogens (tertiary/aromatic N) is 6. The lowest BCUT2D eigenvalue weighted by atomic mass is 10.0. The number of aromatic nitrogens is 6. The Kier molecular flexibility index (Phi) is 6.32. The van der Waals surface area contributed by atoms with Crippen LogP contribution in [0.25, 0.3) is 5.82 Å². The molecule has 0 aliphatic carbocycles. The molecule has 0 atom stereocenters. The second-order valence-electron chi connectivity index (χ2n) is 8.26. The third kappa shape index (κ3) is 4.97. The highest BCUT2D eigenvalue weighted by Gasteiger charge is 2.46. The van der Waals surface area contributed by atoms with Crippen molar-refractivity contribution in [2.24, 2.45) is 5.73 Å². The molecule has 40 heavy (non-hydrogen) atoms. The van der Waals surface area contributed by atoms with Crippen molar-refractivity contribution in [2.75, 3.05) is 5.32 Å². The van der Waals surface area contributed by atoms with E-state index in [0.29, 0.717) is 11.0 Å². The number of halogens is 6. The molecule has 0 unspecified atom stereocenters. The number of benzene rings is 1. The molecule has 1 aliphatic heterocycles. The molecule has 0 fully saturated rings. The number of carbonyl (C=O) groups excluding carboxylic acids is 2. The predicted octanol–water partition coefficient (Wildman–Crippen LogP) is 3.56. The Bertz CT molecular complexity index is 1670. The van der Waals surface area contributed by atoms with Crippen LogP contribution in [0, 0.1) is 6.92 Å². The van der Waals surface area contributed by atoms with Crippen LogP contribution in [-0.4, -0.2) is 47.9 Å². The summed E-state index contributed by atoms with van der Waals surface area (Å²) in [4.78, 5) is 30.5. The second kappa shape index (κ2) is 9.44. The molecule has 2 amide bonds. The van der Waals surface area contributed by atoms with Gasteiger partial charge in [0.05, 0.1) is 22.6 Å². The van der Waals surface area contributed by atoms with Gasteiger partial charge < -0.3 is 20.5 Å². The number of primary amides is 1. The first-order valence-corrected chi connectivity index (χ1v) is 11.3. The summed E-state index contributed by atoms with van der Waals surface area (Å²) in [7, 11) is 0. The van der Waals surface area contributed by atoms with Crippen LogP contribution in [0.4, 0.5) is 27.6 Å². The maximum Gasteiger partial charge on any atom is 0.586 e. The maximum absolute atomic E-state index is 13.7. The lowest BCUT2D eigenvalue weighted by Crippen LogP contribution is -2.26. The number of nitrogens with one attached hydrogen (secondary N) is 1. The summed E-state index contributed by atoms with van der Waals surface area (Å²) in [5.41, 5.74) is 3.22. The van der Waals surface area contributed by atoms with Gasteiger partial charge in [0.1, 0.15) is 17.8 Å². The Balaban J connectivity index is 1.55. The molecular weight excluding hydrogens is 571 g/mol. The zero-order chi connectivity index (χ0) is 29.0. The Hall–Kier alpha value is -4.80. The molecule has 3 aromatic heterocycles. The minimum absolute atomic E-state index is 0.0216. The van der Waals surface area contributed by atoms with Gasteiger partial charge in [0.15, 0.2) is 23.0 Å². The van der Waals surface area contributed by atoms with Gasteiger partial charge in [0.25, 0.3) is 11.8 Å². The van der Waals surface area contributed by atoms with Crippen LogP contribution in [0.1, 0.15) is 37.8 Å². The second-order valence-corrected chi connectivity index (χ2v) is 8.66. The molecule has 4 aromatic rings. The summed E-state index contributed by atoms with van der Waals surface area (Å²) in [6.45, 7) is 1.00. The Labute approximate surface area is 224 Å². The first kappa shape index (κ1) is 26.8. The van der Waals surface area contributed by atoms with Crippen molar-refractivity contribution in [1.29, 1.82) is 0 Å². The predicted molar refractivity (Wildman–Crippen MR) is 124 cm³/mol. The zero-order valence-corrected chi connectivity index (χ0v) is 20.6. The van der Waals surface area contributed by atoms with E-state index >= 15 is 0 Å². The first-order valence-electron chi connectivity index (χ1n) is 11.0. The number of hydrogen-bond donors (Lipinski definition) is 2. The fourth-order valence-corrected chi connectivity index (χ4v) is 4.00. The molecule has 4 heterocycles. The number of hydrogen-bond acceptors (Lipinski definition) is 8. The van der Waals surface area contributed by atoms with E-state index in [9.17, 15) is 31.5 Å². The summed E-state index contributed by atoms with van der Waals surface area (Å²) < 4.78 is 76.0. The number of alkyl halides is 5. The van der Waals surface area contributed by atoms with Crippen LogP contribution in [-0.2, 0) is 12.7 Å². The summed E-state index contributed by atoms with van der Waals surface area (Å²) >= 11 is 6.23. The van der Waals surface area contributed by atoms with Crippen molar-refractivity contribution >= 4 is 29.1 Å². The minimum atomic E-state index is -4.73. The molecule has 5 rings (SSSR count). The van der Waals surface area contributed by atoms with E-state index in [1.165, 1.54) is 31.3 Å². The van der Waals surface area contributed by atoms with Crippen LogP contribution < -0.4 is 20.5 Å². The SMILES string of the molecule is Cc1cc2c(c(C(N)=O)c1NC(=O)c1cc(Cn3ncc(C(F)(F)F)n3)nn1-c1ncccc1Cl)OC(F)(F)O2. The van der Waals surface area contributed by atoms with Gasteiger partial charge in [-0.15, -0.1) is 13.9 Å². The molecule has 1 aromatic carbocycles. The summed E-state index contributed by atoms with van der Waals surface area (Å²) in [5.74, 6) is -3.32. The van der Waals surface area contributed by atoms with Gasteiger partial charge in [-0.2, -0.15) is 28.2 Å². The molecule has 0 bridgehead atoms. The third-order valence-corrected chi connectivity index (χ3v) is 5.74. The van der Waals surface area contributed by atoms with Gasteiger partial charge >= 0.3 is 12.5 Å². The molecule has 18 heteroatoms. The number of fused-ring (bicyclic) bond motifs is 1. The fraction of sp³-hybridized carbons (Fsp3) is 0.182. The quantitative estimate of drug-likeness (QED) is 0.326. The van der Waals surface area contributed by atoms with E-state index in [4.69, 9.17) is 17.3 Å². The van der Waals surface area contributed by atoms with Crippen LogP contribution in [0.15, 0.2) is 36.7 Å². The number of amides is 2. The van der Waals surface area contributed by atoms with E-state index in [2.05, 4.69) is 35.1 Å². The number of pyridine rings is 1. The highest BCUT2D eigenvalue weighted by molar-refractivity contribution is 6.32. The lowest BCUT2D eigenvalue weighted by molar-refractivity contribution is -0.286. The Morgan fingerprint density at radius 1 is 1.20 bits per heavy atom. The summed E-state index contributed by atoms with van der Waals surface area (Å²) in [6, 6.07) is 5.26. The van der Waals surface area contributed by atoms with Gasteiger partial charge in [-0.25, -0.2) is 9.67 Å². The van der Waals surface area contributed by atoms with E-state index in [-0.39, 0.29) is 33.5 Å². The van der Waals surface area contributed by atoms with Crippen molar-refractivity contribution in [3.05, 3.63) is 69.9 Å². The molecule has 208 valence electrons. The smallest absolute Gasteiger partial charge is 0.395 e. The van der Waals surface area contributed by atoms with Crippen molar-refractivity contribution in [1.82, 2.24) is 29.8 Å². The van der Waals surface area contributed by atoms with Gasteiger partial charge in [-0.3, -0.25) is 9.59 Å². The normalized spacial score (nSPS) is 13.9. The number of ether oxygens (including phenoxy) is 2. The average Bonchev–Trinajstić information content (AvgIpc) is 3.56. The highest BCUT2D eigenvalue weighted by Crippen LogP contribution is 2.47. The largest absolute Gasteiger partial charge is 0.586 e. The molecule has 0 saturated heterocycles. The van der Waals surface area contributed by atoms with Gasteiger partial charge in [0.2, 0.25) is 0 Å². The average molecular weight is 585 g/mol. The molecule has 1 aliphatic rings. The van der Waals surface area contributed by atoms with Crippen molar-refractivity contribution in [2.45, 2.75) is 25.9 Å². The fourth-order valence-electron chi connectivity index (χ4n) is 3.80. The van der Waals surface area contributed by atoms with Crippen molar-refractivity contribution in [3.63, 3.8) is 0 Å². The van der Waals surface area contributed by atoms with E-state index in [1.54, 1.807) is 0 Å². The van der Waals surface area contributed by atoms with Gasteiger partial charge in [-0.05, 0) is 36.8 Å². The van der Waals surface area contributed by atoms with Crippen LogP contribution >= 0.6 is 11.6 Å². The number of aryl methyl sites for hydroxylation is 1. The lowest BCUT2D eigenvalue weighted by Gasteiger charge is -2.14. The minimum Gasteiger partial charge on any atom is -0.395 e. The highest BCUT2D eigenvalue weighted by atomic mass is 35.5. The monoisotopic (exact) mass is 584 g/mol. The van der Waals surface area contributed by atoms with Crippen LogP contribution in [0.2, 0.25) is 5.02 Å². The standard InChI is InChI=1S/C22H14ClF5N8O4/c1-9-5-13-17(40-22(27,28)39-13)15(18(29)37)16(9)32-20(38)12-6-10(8-35-31-7-14(34-35)21(24,25)26)33-36(12)19-11(23)3-2-4-30-19/h2-7H,8H2,1H3,(H2,29,37)(H,32,38). The van der Waals surface area contributed by atoms with E-state index in [1.807, 2.05) is 0 Å². The molecular formula is C22H14ClF5N8O4. The maximum atomic E-state index is 13.7. The zero-order valence-electron chi connectivity index (χ0n) is 19.8.